The molecule has 0 bridgehead atoms. The van der Waals surface area contributed by atoms with Gasteiger partial charge in [0.25, 0.3) is 0 Å². The van der Waals surface area contributed by atoms with E-state index in [1.807, 2.05) is 0 Å². The van der Waals surface area contributed by atoms with Crippen LogP contribution in [-0.4, -0.2) is 16.0 Å². The largest absolute Gasteiger partial charge is 0.507 e. The van der Waals surface area contributed by atoms with Crippen molar-refractivity contribution in [3.63, 3.8) is 0 Å². The topological polar surface area (TPSA) is 57.5 Å². The Kier molecular flexibility index (Phi) is 7.87. The molecular weight excluding hydrogens is 395 g/mol. The number of halogens is 3. The molecule has 0 amide bonds. The van der Waals surface area contributed by atoms with Gasteiger partial charge in [-0.15, -0.1) is 0 Å². The summed E-state index contributed by atoms with van der Waals surface area (Å²) < 4.78 is 0. The van der Waals surface area contributed by atoms with E-state index in [1.165, 1.54) is 31.4 Å². The molecule has 1 aliphatic rings. The van der Waals surface area contributed by atoms with Crippen LogP contribution in [0.25, 0.3) is 0 Å². The maximum Gasteiger partial charge on any atom is 0.196 e. The zero-order chi connectivity index (χ0) is 19.3. The standard InChI is InChI=1S/C20H23Cl3O3/c1-2-3-4-5-6-7-8-12-9-16(23)20(26)17(18(12)24)19(25)13-10-14(21)15(22)11-13/h9-10,24,26H,2-8,11H2,1H3. The van der Waals surface area contributed by atoms with Gasteiger partial charge in [0.2, 0.25) is 0 Å². The van der Waals surface area contributed by atoms with E-state index in [9.17, 15) is 15.0 Å². The number of rotatable bonds is 9. The second kappa shape index (κ2) is 9.68. The number of phenolic OH excluding ortho intramolecular Hbond substituents is 2. The summed E-state index contributed by atoms with van der Waals surface area (Å²) in [4.78, 5) is 12.7. The molecule has 0 heterocycles. The van der Waals surface area contributed by atoms with E-state index in [2.05, 4.69) is 6.92 Å². The first-order valence-corrected chi connectivity index (χ1v) is 10.0. The van der Waals surface area contributed by atoms with Crippen LogP contribution in [0.1, 0.15) is 67.8 Å². The quantitative estimate of drug-likeness (QED) is 0.341. The van der Waals surface area contributed by atoms with Gasteiger partial charge in [-0.05, 0) is 30.5 Å². The van der Waals surface area contributed by atoms with Crippen LogP contribution in [-0.2, 0) is 6.42 Å². The highest BCUT2D eigenvalue weighted by Crippen LogP contribution is 2.41. The lowest BCUT2D eigenvalue weighted by atomic mass is 9.95. The van der Waals surface area contributed by atoms with Crippen molar-refractivity contribution >= 4 is 40.6 Å². The van der Waals surface area contributed by atoms with Gasteiger partial charge in [-0.25, -0.2) is 0 Å². The summed E-state index contributed by atoms with van der Waals surface area (Å²) in [5.41, 5.74) is 0.703. The number of unbranched alkanes of at least 4 members (excludes halogenated alkanes) is 5. The SMILES string of the molecule is CCCCCCCCc1cc(Cl)c(O)c(C(=O)C2=CC(Cl)=C(Cl)C2)c1O. The number of aryl methyl sites for hydroxylation is 1. The summed E-state index contributed by atoms with van der Waals surface area (Å²) in [5, 5.41) is 21.5. The van der Waals surface area contributed by atoms with Gasteiger partial charge in [-0.2, -0.15) is 0 Å². The molecule has 1 aromatic carbocycles. The zero-order valence-electron chi connectivity index (χ0n) is 14.7. The summed E-state index contributed by atoms with van der Waals surface area (Å²) in [6.07, 6.45) is 8.91. The first-order valence-electron chi connectivity index (χ1n) is 8.89. The van der Waals surface area contributed by atoms with Gasteiger partial charge in [0.1, 0.15) is 17.1 Å². The Hall–Kier alpha value is -1.16. The fraction of sp³-hybridized carbons (Fsp3) is 0.450. The number of aromatic hydroxyl groups is 2. The van der Waals surface area contributed by atoms with E-state index in [0.717, 1.165) is 19.3 Å². The molecule has 0 fully saturated rings. The second-order valence-electron chi connectivity index (χ2n) is 6.54. The Balaban J connectivity index is 2.16. The molecule has 0 spiro atoms. The molecule has 2 rings (SSSR count). The number of carbonyl (C=O) groups is 1. The van der Waals surface area contributed by atoms with Gasteiger partial charge in [0.05, 0.1) is 10.1 Å². The molecule has 0 saturated heterocycles. The van der Waals surface area contributed by atoms with Crippen LogP contribution >= 0.6 is 34.8 Å². The number of ketones is 1. The molecular formula is C20H23Cl3O3. The van der Waals surface area contributed by atoms with Crippen LogP contribution in [0.4, 0.5) is 0 Å². The Bertz CT molecular complexity index is 751. The fourth-order valence-corrected chi connectivity index (χ4v) is 3.65. The molecule has 6 heteroatoms. The van der Waals surface area contributed by atoms with Crippen LogP contribution in [0.3, 0.4) is 0 Å². The molecule has 1 aliphatic carbocycles. The Morgan fingerprint density at radius 2 is 1.69 bits per heavy atom. The smallest absolute Gasteiger partial charge is 0.196 e. The minimum Gasteiger partial charge on any atom is -0.507 e. The highest BCUT2D eigenvalue weighted by Gasteiger charge is 2.27. The van der Waals surface area contributed by atoms with E-state index in [4.69, 9.17) is 34.8 Å². The van der Waals surface area contributed by atoms with Gasteiger partial charge < -0.3 is 10.2 Å². The summed E-state index contributed by atoms with van der Waals surface area (Å²) >= 11 is 17.9. The van der Waals surface area contributed by atoms with Crippen molar-refractivity contribution in [2.24, 2.45) is 0 Å². The minimum absolute atomic E-state index is 0.0517. The van der Waals surface area contributed by atoms with Crippen molar-refractivity contribution < 1.29 is 15.0 Å². The monoisotopic (exact) mass is 416 g/mol. The van der Waals surface area contributed by atoms with Gasteiger partial charge in [0, 0.05) is 17.0 Å². The Labute approximate surface area is 169 Å². The highest BCUT2D eigenvalue weighted by molar-refractivity contribution is 6.42. The lowest BCUT2D eigenvalue weighted by Gasteiger charge is -2.13. The van der Waals surface area contributed by atoms with Crippen molar-refractivity contribution in [1.29, 1.82) is 0 Å². The molecule has 142 valence electrons. The third-order valence-corrected chi connectivity index (χ3v) is 5.59. The van der Waals surface area contributed by atoms with Gasteiger partial charge in [-0.3, -0.25) is 4.79 Å². The molecule has 0 aliphatic heterocycles. The molecule has 0 atom stereocenters. The number of allylic oxidation sites excluding steroid dienone is 4. The summed E-state index contributed by atoms with van der Waals surface area (Å²) in [6, 6.07) is 1.52. The van der Waals surface area contributed by atoms with Gasteiger partial charge in [0.15, 0.2) is 5.78 Å². The summed E-state index contributed by atoms with van der Waals surface area (Å²) in [7, 11) is 0. The summed E-state index contributed by atoms with van der Waals surface area (Å²) in [6.45, 7) is 2.17. The van der Waals surface area contributed by atoms with Crippen molar-refractivity contribution in [2.75, 3.05) is 0 Å². The number of carbonyl (C=O) groups excluding carboxylic acids is 1. The minimum atomic E-state index is -0.513. The lowest BCUT2D eigenvalue weighted by molar-refractivity contribution is 0.102. The number of hydrogen-bond donors (Lipinski definition) is 2. The fourth-order valence-electron chi connectivity index (χ4n) is 3.02. The van der Waals surface area contributed by atoms with E-state index >= 15 is 0 Å². The van der Waals surface area contributed by atoms with Gasteiger partial charge >= 0.3 is 0 Å². The lowest BCUT2D eigenvalue weighted by Crippen LogP contribution is -2.05. The molecule has 0 aromatic heterocycles. The maximum atomic E-state index is 12.7. The third-order valence-electron chi connectivity index (χ3n) is 4.53. The van der Waals surface area contributed by atoms with Crippen LogP contribution in [0.2, 0.25) is 5.02 Å². The second-order valence-corrected chi connectivity index (χ2v) is 7.81. The van der Waals surface area contributed by atoms with Crippen molar-refractivity contribution in [1.82, 2.24) is 0 Å². The average molecular weight is 418 g/mol. The first kappa shape index (κ1) is 21.1. The molecule has 26 heavy (non-hydrogen) atoms. The van der Waals surface area contributed by atoms with E-state index in [-0.39, 0.29) is 22.8 Å². The van der Waals surface area contributed by atoms with Gasteiger partial charge in [-0.1, -0.05) is 73.8 Å². The normalized spacial score (nSPS) is 14.1. The molecule has 0 unspecified atom stereocenters. The van der Waals surface area contributed by atoms with Crippen LogP contribution in [0, 0.1) is 0 Å². The van der Waals surface area contributed by atoms with E-state index in [0.29, 0.717) is 27.6 Å². The zero-order valence-corrected chi connectivity index (χ0v) is 17.0. The maximum absolute atomic E-state index is 12.7. The number of Topliss-reactive ketones (excluding diaryl/α,β-unsaturated/α-hetero) is 1. The number of phenols is 2. The molecule has 2 N–H and O–H groups in total. The van der Waals surface area contributed by atoms with Crippen molar-refractivity contribution in [3.05, 3.63) is 43.9 Å². The van der Waals surface area contributed by atoms with Crippen molar-refractivity contribution in [2.45, 2.75) is 58.3 Å². The Morgan fingerprint density at radius 3 is 2.31 bits per heavy atom. The molecule has 0 radical (unpaired) electrons. The molecule has 0 saturated carbocycles. The molecule has 3 nitrogen and oxygen atoms in total. The van der Waals surface area contributed by atoms with Crippen LogP contribution < -0.4 is 0 Å². The average Bonchev–Trinajstić information content (AvgIpc) is 2.94. The van der Waals surface area contributed by atoms with E-state index in [1.54, 1.807) is 0 Å². The number of hydrogen-bond acceptors (Lipinski definition) is 3. The molecule has 1 aromatic rings. The Morgan fingerprint density at radius 1 is 1.04 bits per heavy atom. The summed E-state index contributed by atoms with van der Waals surface area (Å²) in [5.74, 6) is -1.15. The van der Waals surface area contributed by atoms with E-state index < -0.39 is 11.5 Å². The van der Waals surface area contributed by atoms with Crippen LogP contribution in [0.5, 0.6) is 11.5 Å². The number of benzene rings is 1. The predicted octanol–water partition coefficient (Wildman–Crippen LogP) is 6.86. The van der Waals surface area contributed by atoms with Crippen molar-refractivity contribution in [3.8, 4) is 11.5 Å². The predicted molar refractivity (Wildman–Crippen MR) is 108 cm³/mol. The highest BCUT2D eigenvalue weighted by atomic mass is 35.5. The first-order chi connectivity index (χ1) is 12.4. The van der Waals surface area contributed by atoms with Crippen LogP contribution in [0.15, 0.2) is 27.8 Å². The third kappa shape index (κ3) is 4.97.